The second-order valence-electron chi connectivity index (χ2n) is 6.98. The van der Waals surface area contributed by atoms with E-state index in [1.54, 1.807) is 0 Å². The quantitative estimate of drug-likeness (QED) is 0.705. The summed E-state index contributed by atoms with van der Waals surface area (Å²) in [4.78, 5) is 25.0. The normalized spacial score (nSPS) is 21.5. The molecule has 0 spiro atoms. The van der Waals surface area contributed by atoms with Gasteiger partial charge in [-0.15, -0.1) is 11.6 Å². The van der Waals surface area contributed by atoms with Gasteiger partial charge in [-0.2, -0.15) is 0 Å². The summed E-state index contributed by atoms with van der Waals surface area (Å²) in [5.74, 6) is 0.655. The number of alkyl halides is 1. The van der Waals surface area contributed by atoms with Crippen molar-refractivity contribution < 1.29 is 9.53 Å². The number of hydrogen-bond acceptors (Lipinski definition) is 6. The number of aromatic nitrogens is 2. The number of ether oxygens (including phenoxy) is 1. The minimum atomic E-state index is -0.163. The number of anilines is 1. The first kappa shape index (κ1) is 21.0. The van der Waals surface area contributed by atoms with Crippen LogP contribution in [0.4, 0.5) is 5.82 Å². The molecule has 0 saturated carbocycles. The molecular formula is C19H25Cl2N5O2. The molecule has 3 rings (SSSR count). The zero-order chi connectivity index (χ0) is 19.9. The molecule has 1 unspecified atom stereocenters. The summed E-state index contributed by atoms with van der Waals surface area (Å²) in [7, 11) is 2.08. The van der Waals surface area contributed by atoms with Crippen LogP contribution in [0.15, 0.2) is 35.2 Å². The van der Waals surface area contributed by atoms with E-state index in [1.165, 1.54) is 12.4 Å². The molecule has 1 aromatic rings. The summed E-state index contributed by atoms with van der Waals surface area (Å²) in [6.45, 7) is 4.32. The Morgan fingerprint density at radius 2 is 2.07 bits per heavy atom. The fraction of sp³-hybridized carbons (Fsp3) is 0.526. The zero-order valence-corrected chi connectivity index (χ0v) is 17.4. The lowest BCUT2D eigenvalue weighted by Crippen LogP contribution is -2.47. The van der Waals surface area contributed by atoms with Gasteiger partial charge in [0, 0.05) is 36.8 Å². The Hall–Kier alpha value is -1.67. The maximum atomic E-state index is 12.2. The number of carbonyl (C=O) groups excluding carboxylic acids is 1. The number of nitrogens with one attached hydrogen (secondary N) is 1. The van der Waals surface area contributed by atoms with Crippen LogP contribution in [0.25, 0.3) is 0 Å². The Labute approximate surface area is 175 Å². The maximum absolute atomic E-state index is 12.2. The van der Waals surface area contributed by atoms with Crippen molar-refractivity contribution in [3.05, 3.63) is 35.2 Å². The van der Waals surface area contributed by atoms with Crippen LogP contribution in [-0.2, 0) is 4.79 Å². The lowest BCUT2D eigenvalue weighted by molar-refractivity contribution is -0.117. The highest BCUT2D eigenvalue weighted by molar-refractivity contribution is 6.33. The van der Waals surface area contributed by atoms with Gasteiger partial charge in [0.2, 0.25) is 11.8 Å². The van der Waals surface area contributed by atoms with Gasteiger partial charge in [-0.25, -0.2) is 9.97 Å². The van der Waals surface area contributed by atoms with Crippen LogP contribution in [0.1, 0.15) is 12.8 Å². The number of carbonyl (C=O) groups is 1. The third-order valence-corrected chi connectivity index (χ3v) is 5.62. The summed E-state index contributed by atoms with van der Waals surface area (Å²) < 4.78 is 5.67. The van der Waals surface area contributed by atoms with E-state index in [4.69, 9.17) is 27.9 Å². The Morgan fingerprint density at radius 1 is 1.29 bits per heavy atom. The average molecular weight is 426 g/mol. The summed E-state index contributed by atoms with van der Waals surface area (Å²) in [5, 5.41) is 3.22. The van der Waals surface area contributed by atoms with Gasteiger partial charge in [-0.3, -0.25) is 9.69 Å². The highest BCUT2D eigenvalue weighted by Gasteiger charge is 2.18. The summed E-state index contributed by atoms with van der Waals surface area (Å²) in [5.41, 5.74) is 0.837. The second-order valence-corrected chi connectivity index (χ2v) is 7.91. The number of piperazine rings is 1. The third kappa shape index (κ3) is 6.17. The average Bonchev–Trinajstić information content (AvgIpc) is 2.83. The Kier molecular flexibility index (Phi) is 7.67. The van der Waals surface area contributed by atoms with Gasteiger partial charge >= 0.3 is 0 Å². The van der Waals surface area contributed by atoms with Gasteiger partial charge in [0.15, 0.2) is 5.82 Å². The van der Waals surface area contributed by atoms with Crippen molar-refractivity contribution in [3.63, 3.8) is 0 Å². The number of halogens is 2. The number of hydrogen-bond donors (Lipinski definition) is 1. The molecule has 1 amide bonds. The van der Waals surface area contributed by atoms with Crippen LogP contribution in [0.5, 0.6) is 5.88 Å². The van der Waals surface area contributed by atoms with E-state index in [1.807, 2.05) is 12.2 Å². The molecule has 1 atom stereocenters. The van der Waals surface area contributed by atoms with Crippen molar-refractivity contribution in [2.75, 3.05) is 51.7 Å². The molecule has 1 aromatic heterocycles. The van der Waals surface area contributed by atoms with E-state index in [0.717, 1.165) is 44.6 Å². The van der Waals surface area contributed by atoms with Crippen molar-refractivity contribution in [1.82, 2.24) is 19.8 Å². The van der Waals surface area contributed by atoms with Gasteiger partial charge in [-0.1, -0.05) is 17.7 Å². The monoisotopic (exact) mass is 425 g/mol. The lowest BCUT2D eigenvalue weighted by Gasteiger charge is -2.31. The fourth-order valence-electron chi connectivity index (χ4n) is 3.02. The molecule has 0 bridgehead atoms. The number of rotatable bonds is 6. The SMILES string of the molecule is CN1CCN(CC(=O)Nc2cnc(OCC3=C(Cl)C=CCCC3Cl)cn2)CC1. The highest BCUT2D eigenvalue weighted by atomic mass is 35.5. The summed E-state index contributed by atoms with van der Waals surface area (Å²) in [6, 6.07) is 0. The van der Waals surface area contributed by atoms with E-state index < -0.39 is 0 Å². The Bertz CT molecular complexity index is 730. The van der Waals surface area contributed by atoms with Gasteiger partial charge in [-0.05, 0) is 26.0 Å². The molecule has 152 valence electrons. The van der Waals surface area contributed by atoms with Crippen molar-refractivity contribution in [2.24, 2.45) is 0 Å². The predicted octanol–water partition coefficient (Wildman–Crippen LogP) is 2.49. The molecule has 2 heterocycles. The van der Waals surface area contributed by atoms with Crippen LogP contribution in [0.2, 0.25) is 0 Å². The number of nitrogens with zero attached hydrogens (tertiary/aromatic N) is 4. The largest absolute Gasteiger partial charge is 0.472 e. The van der Waals surface area contributed by atoms with E-state index in [2.05, 4.69) is 32.1 Å². The van der Waals surface area contributed by atoms with Crippen molar-refractivity contribution >= 4 is 34.9 Å². The van der Waals surface area contributed by atoms with Gasteiger partial charge < -0.3 is 15.0 Å². The molecule has 1 saturated heterocycles. The minimum absolute atomic E-state index is 0.0975. The van der Waals surface area contributed by atoms with Crippen LogP contribution in [0, 0.1) is 0 Å². The third-order valence-electron chi connectivity index (χ3n) is 4.77. The molecule has 28 heavy (non-hydrogen) atoms. The van der Waals surface area contributed by atoms with Crippen molar-refractivity contribution in [2.45, 2.75) is 18.2 Å². The zero-order valence-electron chi connectivity index (χ0n) is 15.9. The van der Waals surface area contributed by atoms with Crippen molar-refractivity contribution in [1.29, 1.82) is 0 Å². The van der Waals surface area contributed by atoms with Gasteiger partial charge in [0.25, 0.3) is 0 Å². The molecule has 2 aliphatic rings. The smallest absolute Gasteiger partial charge is 0.239 e. The second kappa shape index (κ2) is 10.2. The molecule has 7 nitrogen and oxygen atoms in total. The Balaban J connectivity index is 1.48. The van der Waals surface area contributed by atoms with E-state index >= 15 is 0 Å². The molecule has 0 radical (unpaired) electrons. The van der Waals surface area contributed by atoms with E-state index in [0.29, 0.717) is 23.3 Å². The summed E-state index contributed by atoms with van der Waals surface area (Å²) >= 11 is 12.6. The molecule has 1 N–H and O–H groups in total. The van der Waals surface area contributed by atoms with E-state index in [-0.39, 0.29) is 17.9 Å². The first-order valence-corrected chi connectivity index (χ1v) is 10.2. The first-order chi connectivity index (χ1) is 13.5. The highest BCUT2D eigenvalue weighted by Crippen LogP contribution is 2.26. The van der Waals surface area contributed by atoms with Crippen LogP contribution in [-0.4, -0.2) is 77.4 Å². The fourth-order valence-corrected chi connectivity index (χ4v) is 3.66. The molecule has 1 fully saturated rings. The van der Waals surface area contributed by atoms with Gasteiger partial charge in [0.05, 0.1) is 24.3 Å². The van der Waals surface area contributed by atoms with Crippen LogP contribution >= 0.6 is 23.2 Å². The Morgan fingerprint density at radius 3 is 2.79 bits per heavy atom. The van der Waals surface area contributed by atoms with Crippen LogP contribution in [0.3, 0.4) is 0 Å². The molecular weight excluding hydrogens is 401 g/mol. The minimum Gasteiger partial charge on any atom is -0.472 e. The standard InChI is InChI=1S/C19H25Cl2N5O2/c1-25-6-8-26(9-7-25)12-18(27)24-17-10-23-19(11-22-17)28-13-14-15(20)4-2-3-5-16(14)21/h2,4,10-11,16H,3,5-9,12-13H2,1H3,(H,22,24,27). The van der Waals surface area contributed by atoms with Gasteiger partial charge in [0.1, 0.15) is 6.61 Å². The van der Waals surface area contributed by atoms with Crippen molar-refractivity contribution in [3.8, 4) is 5.88 Å². The molecule has 1 aliphatic carbocycles. The molecule has 9 heteroatoms. The molecule has 1 aliphatic heterocycles. The summed E-state index contributed by atoms with van der Waals surface area (Å²) in [6.07, 6.45) is 8.53. The number of amides is 1. The topological polar surface area (TPSA) is 70.6 Å². The van der Waals surface area contributed by atoms with E-state index in [9.17, 15) is 4.79 Å². The molecule has 0 aromatic carbocycles. The van der Waals surface area contributed by atoms with Crippen LogP contribution < -0.4 is 10.1 Å². The lowest BCUT2D eigenvalue weighted by atomic mass is 10.1. The predicted molar refractivity (Wildman–Crippen MR) is 111 cm³/mol. The number of likely N-dealkylation sites (N-methyl/N-ethyl adjacent to an activating group) is 1. The first-order valence-electron chi connectivity index (χ1n) is 9.36. The maximum Gasteiger partial charge on any atom is 0.239 e. The number of allylic oxidation sites excluding steroid dienone is 3.